The minimum atomic E-state index is -0.213. The summed E-state index contributed by atoms with van der Waals surface area (Å²) in [5.41, 5.74) is 0. The Morgan fingerprint density at radius 1 is 1.19 bits per heavy atom. The highest BCUT2D eigenvalue weighted by Gasteiger charge is 2.35. The van der Waals surface area contributed by atoms with Gasteiger partial charge in [0.15, 0.2) is 4.34 Å². The molecule has 0 spiro atoms. The number of carbonyl (C=O) groups is 2. The lowest BCUT2D eigenvalue weighted by Gasteiger charge is -2.18. The summed E-state index contributed by atoms with van der Waals surface area (Å²) in [6.45, 7) is 3.78. The van der Waals surface area contributed by atoms with Gasteiger partial charge in [-0.05, 0) is 32.6 Å². The van der Waals surface area contributed by atoms with Crippen LogP contribution in [0.15, 0.2) is 4.34 Å². The number of amides is 2. The summed E-state index contributed by atoms with van der Waals surface area (Å²) in [6, 6.07) is 0.592. The molecule has 0 aromatic carbocycles. The van der Waals surface area contributed by atoms with Crippen LogP contribution in [0.3, 0.4) is 0 Å². The number of thioether (sulfide) groups is 1. The molecule has 144 valence electrons. The van der Waals surface area contributed by atoms with E-state index in [0.29, 0.717) is 17.6 Å². The number of hydrogen-bond donors (Lipinski definition) is 1. The molecule has 26 heavy (non-hydrogen) atoms. The van der Waals surface area contributed by atoms with Gasteiger partial charge in [0.05, 0.1) is 5.25 Å². The fourth-order valence-electron chi connectivity index (χ4n) is 3.26. The fourth-order valence-corrected chi connectivity index (χ4v) is 5.35. The lowest BCUT2D eigenvalue weighted by Crippen LogP contribution is -2.39. The fraction of sp³-hybridized carbons (Fsp3) is 0.778. The highest BCUT2D eigenvalue weighted by Crippen LogP contribution is 2.37. The normalized spacial score (nSPS) is 19.6. The van der Waals surface area contributed by atoms with Crippen LogP contribution in [0.5, 0.6) is 0 Å². The zero-order valence-electron chi connectivity index (χ0n) is 15.6. The maximum absolute atomic E-state index is 12.5. The van der Waals surface area contributed by atoms with Crippen LogP contribution in [0, 0.1) is 0 Å². The molecule has 1 atom stereocenters. The first kappa shape index (κ1) is 19.6. The van der Waals surface area contributed by atoms with Crippen LogP contribution in [-0.2, 0) is 9.59 Å². The van der Waals surface area contributed by atoms with E-state index < -0.39 is 0 Å². The van der Waals surface area contributed by atoms with Gasteiger partial charge in [-0.2, -0.15) is 0 Å². The molecular formula is C18H28N4O2S2. The second-order valence-electron chi connectivity index (χ2n) is 7.16. The number of rotatable bonds is 7. The third-order valence-electron chi connectivity index (χ3n) is 4.93. The van der Waals surface area contributed by atoms with Gasteiger partial charge in [-0.25, -0.2) is 0 Å². The lowest BCUT2D eigenvalue weighted by molar-refractivity contribution is -0.121. The molecule has 2 saturated carbocycles. The van der Waals surface area contributed by atoms with Crippen molar-refractivity contribution in [2.75, 3.05) is 4.90 Å². The molecule has 1 heterocycles. The van der Waals surface area contributed by atoms with Crippen molar-refractivity contribution in [3.63, 3.8) is 0 Å². The Kier molecular flexibility index (Phi) is 6.92. The summed E-state index contributed by atoms with van der Waals surface area (Å²) >= 11 is 2.84. The molecule has 0 bridgehead atoms. The summed E-state index contributed by atoms with van der Waals surface area (Å²) in [5, 5.41) is 12.1. The molecular weight excluding hydrogens is 368 g/mol. The highest BCUT2D eigenvalue weighted by atomic mass is 32.2. The van der Waals surface area contributed by atoms with Crippen LogP contribution < -0.4 is 10.2 Å². The van der Waals surface area contributed by atoms with E-state index in [1.54, 1.807) is 4.90 Å². The van der Waals surface area contributed by atoms with Crippen LogP contribution in [0.25, 0.3) is 0 Å². The Bertz CT molecular complexity index is 624. The molecule has 0 saturated heterocycles. The van der Waals surface area contributed by atoms with Gasteiger partial charge in [-0.3, -0.25) is 14.5 Å². The van der Waals surface area contributed by atoms with E-state index in [9.17, 15) is 9.59 Å². The van der Waals surface area contributed by atoms with Crippen LogP contribution >= 0.6 is 23.1 Å². The summed E-state index contributed by atoms with van der Waals surface area (Å²) in [6.07, 6.45) is 9.67. The number of nitrogens with zero attached hydrogens (tertiary/aromatic N) is 3. The number of carbonyl (C=O) groups excluding carboxylic acids is 2. The summed E-state index contributed by atoms with van der Waals surface area (Å²) in [5.74, 6) is 0.168. The smallest absolute Gasteiger partial charge is 0.233 e. The van der Waals surface area contributed by atoms with E-state index in [4.69, 9.17) is 0 Å². The van der Waals surface area contributed by atoms with Gasteiger partial charge >= 0.3 is 0 Å². The third-order valence-corrected chi connectivity index (χ3v) is 7.04. The van der Waals surface area contributed by atoms with E-state index in [1.165, 1.54) is 48.8 Å². The van der Waals surface area contributed by atoms with Gasteiger partial charge < -0.3 is 5.32 Å². The van der Waals surface area contributed by atoms with E-state index in [2.05, 4.69) is 15.5 Å². The molecule has 2 fully saturated rings. The standard InChI is InChI=1S/C18H28N4O2S2/c1-3-15(23)22(14-10-11-14)17-20-21-18(26-17)25-12(2)16(24)19-13-8-6-4-5-7-9-13/h12-14H,3-11H2,1-2H3,(H,19,24). The molecule has 6 nitrogen and oxygen atoms in total. The van der Waals surface area contributed by atoms with Crippen molar-refractivity contribution in [1.29, 1.82) is 0 Å². The quantitative estimate of drug-likeness (QED) is 0.431. The average molecular weight is 397 g/mol. The highest BCUT2D eigenvalue weighted by molar-refractivity contribution is 8.02. The first-order valence-corrected chi connectivity index (χ1v) is 11.4. The van der Waals surface area contributed by atoms with Crippen LogP contribution in [0.1, 0.15) is 71.6 Å². The Labute approximate surface area is 163 Å². The van der Waals surface area contributed by atoms with Gasteiger partial charge in [-0.15, -0.1) is 10.2 Å². The Morgan fingerprint density at radius 2 is 1.88 bits per heavy atom. The molecule has 1 aromatic rings. The minimum Gasteiger partial charge on any atom is -0.352 e. The van der Waals surface area contributed by atoms with Gasteiger partial charge in [0.25, 0.3) is 0 Å². The Morgan fingerprint density at radius 3 is 2.50 bits per heavy atom. The summed E-state index contributed by atoms with van der Waals surface area (Å²) in [4.78, 5) is 26.5. The van der Waals surface area contributed by atoms with Crippen molar-refractivity contribution in [2.45, 2.75) is 93.3 Å². The molecule has 2 amide bonds. The molecule has 1 unspecified atom stereocenters. The zero-order chi connectivity index (χ0) is 18.5. The molecule has 2 aliphatic carbocycles. The molecule has 1 N–H and O–H groups in total. The van der Waals surface area contributed by atoms with E-state index >= 15 is 0 Å². The van der Waals surface area contributed by atoms with Crippen molar-refractivity contribution in [3.05, 3.63) is 0 Å². The third kappa shape index (κ3) is 5.19. The summed E-state index contributed by atoms with van der Waals surface area (Å²) in [7, 11) is 0. The van der Waals surface area contributed by atoms with Crippen LogP contribution in [0.2, 0.25) is 0 Å². The topological polar surface area (TPSA) is 75.2 Å². The average Bonchev–Trinajstić information content (AvgIpc) is 3.40. The first-order chi connectivity index (χ1) is 12.6. The van der Waals surface area contributed by atoms with Crippen LogP contribution in [-0.4, -0.2) is 39.3 Å². The van der Waals surface area contributed by atoms with E-state index in [1.807, 2.05) is 13.8 Å². The van der Waals surface area contributed by atoms with Gasteiger partial charge in [0.1, 0.15) is 0 Å². The molecule has 3 rings (SSSR count). The Hall–Kier alpha value is -1.15. The maximum atomic E-state index is 12.5. The minimum absolute atomic E-state index is 0.0716. The van der Waals surface area contributed by atoms with Crippen molar-refractivity contribution >= 4 is 40.0 Å². The molecule has 8 heteroatoms. The molecule has 0 aliphatic heterocycles. The molecule has 1 aromatic heterocycles. The molecule has 0 radical (unpaired) electrons. The zero-order valence-corrected chi connectivity index (χ0v) is 17.2. The monoisotopic (exact) mass is 396 g/mol. The summed E-state index contributed by atoms with van der Waals surface area (Å²) < 4.78 is 0.748. The Balaban J connectivity index is 1.55. The van der Waals surface area contributed by atoms with E-state index in [-0.39, 0.29) is 23.1 Å². The second-order valence-corrected chi connectivity index (χ2v) is 9.70. The second kappa shape index (κ2) is 9.17. The first-order valence-electron chi connectivity index (χ1n) is 9.71. The number of hydrogen-bond acceptors (Lipinski definition) is 6. The molecule has 2 aliphatic rings. The van der Waals surface area contributed by atoms with Gasteiger partial charge in [0.2, 0.25) is 16.9 Å². The lowest BCUT2D eigenvalue weighted by atomic mass is 10.1. The predicted octanol–water partition coefficient (Wildman–Crippen LogP) is 3.76. The van der Waals surface area contributed by atoms with Crippen molar-refractivity contribution in [2.24, 2.45) is 0 Å². The van der Waals surface area contributed by atoms with E-state index in [0.717, 1.165) is 30.0 Å². The maximum Gasteiger partial charge on any atom is 0.233 e. The van der Waals surface area contributed by atoms with Gasteiger partial charge in [-0.1, -0.05) is 55.7 Å². The van der Waals surface area contributed by atoms with Crippen molar-refractivity contribution < 1.29 is 9.59 Å². The van der Waals surface area contributed by atoms with Crippen molar-refractivity contribution in [1.82, 2.24) is 15.5 Å². The van der Waals surface area contributed by atoms with Gasteiger partial charge in [0, 0.05) is 18.5 Å². The number of nitrogens with one attached hydrogen (secondary N) is 1. The van der Waals surface area contributed by atoms with Crippen molar-refractivity contribution in [3.8, 4) is 0 Å². The number of anilines is 1. The SMILES string of the molecule is CCC(=O)N(c1nnc(SC(C)C(=O)NC2CCCCCC2)s1)C1CC1. The van der Waals surface area contributed by atoms with Crippen LogP contribution in [0.4, 0.5) is 5.13 Å². The number of aromatic nitrogens is 2. The predicted molar refractivity (Wildman–Crippen MR) is 106 cm³/mol. The largest absolute Gasteiger partial charge is 0.352 e.